The molecule has 0 atom stereocenters. The molecule has 0 unspecified atom stereocenters. The Kier molecular flexibility index (Phi) is 5.33. The maximum absolute atomic E-state index is 12.9. The van der Waals surface area contributed by atoms with Crippen LogP contribution in [0, 0.1) is 12.7 Å². The maximum atomic E-state index is 12.9. The average Bonchev–Trinajstić information content (AvgIpc) is 2.45. The Morgan fingerprint density at radius 2 is 2.10 bits per heavy atom. The number of allylic oxidation sites excluding steroid dienone is 1. The Labute approximate surface area is 127 Å². The minimum absolute atomic E-state index is 0.132. The van der Waals surface area contributed by atoms with Crippen molar-refractivity contribution in [1.82, 2.24) is 9.97 Å². The molecule has 0 aliphatic rings. The fraction of sp³-hybridized carbons (Fsp3) is 0.250. The van der Waals surface area contributed by atoms with Gasteiger partial charge in [0.1, 0.15) is 5.82 Å². The van der Waals surface area contributed by atoms with Crippen molar-refractivity contribution in [1.29, 1.82) is 0 Å². The van der Waals surface area contributed by atoms with Gasteiger partial charge in [0.2, 0.25) is 0 Å². The number of aromatic nitrogens is 2. The Morgan fingerprint density at radius 1 is 1.38 bits per heavy atom. The summed E-state index contributed by atoms with van der Waals surface area (Å²) >= 11 is 1.50. The molecule has 1 aromatic carbocycles. The summed E-state index contributed by atoms with van der Waals surface area (Å²) in [5.74, 6) is 0.555. The molecule has 0 fully saturated rings. The van der Waals surface area contributed by atoms with Crippen LogP contribution in [-0.2, 0) is 6.42 Å². The van der Waals surface area contributed by atoms with E-state index in [9.17, 15) is 9.18 Å². The van der Waals surface area contributed by atoms with Gasteiger partial charge in [-0.2, -0.15) is 0 Å². The van der Waals surface area contributed by atoms with E-state index in [0.29, 0.717) is 22.8 Å². The van der Waals surface area contributed by atoms with Gasteiger partial charge in [0, 0.05) is 23.4 Å². The van der Waals surface area contributed by atoms with Crippen molar-refractivity contribution in [2.75, 3.05) is 5.75 Å². The van der Waals surface area contributed by atoms with Crippen LogP contribution in [0.3, 0.4) is 0 Å². The molecule has 21 heavy (non-hydrogen) atoms. The van der Waals surface area contributed by atoms with Gasteiger partial charge in [0.05, 0.1) is 0 Å². The SMILES string of the molecule is C=CCCSc1nc(C)c(Cc2ccc(F)cc2)c(=O)[nH]1. The van der Waals surface area contributed by atoms with E-state index in [4.69, 9.17) is 0 Å². The summed E-state index contributed by atoms with van der Waals surface area (Å²) in [7, 11) is 0. The second-order valence-corrected chi connectivity index (χ2v) is 5.75. The highest BCUT2D eigenvalue weighted by atomic mass is 32.2. The van der Waals surface area contributed by atoms with E-state index in [1.165, 1.54) is 23.9 Å². The number of aromatic amines is 1. The van der Waals surface area contributed by atoms with Crippen LogP contribution in [0.4, 0.5) is 4.39 Å². The zero-order chi connectivity index (χ0) is 15.2. The lowest BCUT2D eigenvalue weighted by Gasteiger charge is -2.07. The van der Waals surface area contributed by atoms with Crippen LogP contribution in [0.25, 0.3) is 0 Å². The molecule has 5 heteroatoms. The molecule has 0 aliphatic heterocycles. The first-order chi connectivity index (χ1) is 10.1. The van der Waals surface area contributed by atoms with Crippen molar-refractivity contribution < 1.29 is 4.39 Å². The Hall–Kier alpha value is -1.88. The van der Waals surface area contributed by atoms with E-state index in [0.717, 1.165) is 17.7 Å². The lowest BCUT2D eigenvalue weighted by atomic mass is 10.1. The molecule has 0 bridgehead atoms. The molecule has 2 rings (SSSR count). The number of thioether (sulfide) groups is 1. The summed E-state index contributed by atoms with van der Waals surface area (Å²) in [6.07, 6.45) is 3.15. The largest absolute Gasteiger partial charge is 0.301 e. The van der Waals surface area contributed by atoms with Crippen LogP contribution in [0.1, 0.15) is 23.2 Å². The first-order valence-corrected chi connectivity index (χ1v) is 7.66. The first-order valence-electron chi connectivity index (χ1n) is 6.68. The monoisotopic (exact) mass is 304 g/mol. The van der Waals surface area contributed by atoms with Crippen molar-refractivity contribution in [3.05, 3.63) is 69.9 Å². The fourth-order valence-electron chi connectivity index (χ4n) is 1.91. The molecule has 3 nitrogen and oxygen atoms in total. The van der Waals surface area contributed by atoms with Gasteiger partial charge in [-0.15, -0.1) is 6.58 Å². The van der Waals surface area contributed by atoms with E-state index in [-0.39, 0.29) is 11.4 Å². The molecule has 0 saturated heterocycles. The summed E-state index contributed by atoms with van der Waals surface area (Å²) < 4.78 is 12.9. The highest BCUT2D eigenvalue weighted by molar-refractivity contribution is 7.99. The van der Waals surface area contributed by atoms with E-state index in [1.54, 1.807) is 12.1 Å². The van der Waals surface area contributed by atoms with E-state index in [2.05, 4.69) is 16.5 Å². The summed E-state index contributed by atoms with van der Waals surface area (Å²) in [5, 5.41) is 0.627. The molecule has 1 aromatic heterocycles. The quantitative estimate of drug-likeness (QED) is 0.385. The normalized spacial score (nSPS) is 10.6. The van der Waals surface area contributed by atoms with Crippen molar-refractivity contribution in [3.63, 3.8) is 0 Å². The average molecular weight is 304 g/mol. The predicted octanol–water partition coefficient (Wildman–Crippen LogP) is 3.48. The second kappa shape index (κ2) is 7.22. The van der Waals surface area contributed by atoms with E-state index < -0.39 is 0 Å². The van der Waals surface area contributed by atoms with Gasteiger partial charge in [-0.25, -0.2) is 9.37 Å². The number of halogens is 1. The van der Waals surface area contributed by atoms with Crippen LogP contribution in [0.5, 0.6) is 0 Å². The Morgan fingerprint density at radius 3 is 2.71 bits per heavy atom. The number of hydrogen-bond donors (Lipinski definition) is 1. The zero-order valence-electron chi connectivity index (χ0n) is 11.9. The van der Waals surface area contributed by atoms with Crippen LogP contribution < -0.4 is 5.56 Å². The summed E-state index contributed by atoms with van der Waals surface area (Å²) in [6, 6.07) is 6.15. The molecule has 0 amide bonds. The molecular formula is C16H17FN2OS. The van der Waals surface area contributed by atoms with Gasteiger partial charge in [0.25, 0.3) is 5.56 Å². The standard InChI is InChI=1S/C16H17FN2OS/c1-3-4-9-21-16-18-11(2)14(15(20)19-16)10-12-5-7-13(17)8-6-12/h3,5-8H,1,4,9-10H2,2H3,(H,18,19,20). The van der Waals surface area contributed by atoms with Gasteiger partial charge in [-0.3, -0.25) is 4.79 Å². The molecule has 1 heterocycles. The molecular weight excluding hydrogens is 287 g/mol. The van der Waals surface area contributed by atoms with Crippen molar-refractivity contribution in [2.45, 2.75) is 24.9 Å². The van der Waals surface area contributed by atoms with Crippen molar-refractivity contribution in [3.8, 4) is 0 Å². The number of aryl methyl sites for hydroxylation is 1. The Balaban J connectivity index is 2.18. The molecule has 0 spiro atoms. The minimum Gasteiger partial charge on any atom is -0.301 e. The number of nitrogens with zero attached hydrogens (tertiary/aromatic N) is 1. The summed E-state index contributed by atoms with van der Waals surface area (Å²) in [6.45, 7) is 5.49. The molecule has 1 N–H and O–H groups in total. The van der Waals surface area contributed by atoms with Crippen LogP contribution in [0.2, 0.25) is 0 Å². The number of rotatable bonds is 6. The fourth-order valence-corrected chi connectivity index (χ4v) is 2.75. The van der Waals surface area contributed by atoms with E-state index in [1.807, 2.05) is 13.0 Å². The van der Waals surface area contributed by atoms with Gasteiger partial charge in [0.15, 0.2) is 5.16 Å². The molecule has 2 aromatic rings. The van der Waals surface area contributed by atoms with Crippen LogP contribution in [0.15, 0.2) is 46.9 Å². The number of nitrogens with one attached hydrogen (secondary N) is 1. The second-order valence-electron chi connectivity index (χ2n) is 4.66. The topological polar surface area (TPSA) is 45.8 Å². The highest BCUT2D eigenvalue weighted by Gasteiger charge is 2.09. The van der Waals surface area contributed by atoms with Crippen LogP contribution >= 0.6 is 11.8 Å². The Bertz CT molecular complexity index is 680. The lowest BCUT2D eigenvalue weighted by molar-refractivity contribution is 0.627. The maximum Gasteiger partial charge on any atom is 0.255 e. The van der Waals surface area contributed by atoms with Crippen molar-refractivity contribution >= 4 is 11.8 Å². The highest BCUT2D eigenvalue weighted by Crippen LogP contribution is 2.15. The van der Waals surface area contributed by atoms with Gasteiger partial charge < -0.3 is 4.98 Å². The lowest BCUT2D eigenvalue weighted by Crippen LogP contribution is -2.17. The van der Waals surface area contributed by atoms with Gasteiger partial charge in [-0.1, -0.05) is 30.0 Å². The van der Waals surface area contributed by atoms with E-state index >= 15 is 0 Å². The number of hydrogen-bond acceptors (Lipinski definition) is 3. The zero-order valence-corrected chi connectivity index (χ0v) is 12.7. The third-order valence-corrected chi connectivity index (χ3v) is 3.96. The molecule has 0 saturated carbocycles. The summed E-state index contributed by atoms with van der Waals surface area (Å²) in [4.78, 5) is 19.4. The first kappa shape index (κ1) is 15.5. The third-order valence-electron chi connectivity index (χ3n) is 3.06. The minimum atomic E-state index is -0.281. The smallest absolute Gasteiger partial charge is 0.255 e. The number of benzene rings is 1. The van der Waals surface area contributed by atoms with Crippen LogP contribution in [-0.4, -0.2) is 15.7 Å². The third kappa shape index (κ3) is 4.29. The summed E-state index contributed by atoms with van der Waals surface area (Å²) in [5.41, 5.74) is 2.09. The predicted molar refractivity (Wildman–Crippen MR) is 84.3 cm³/mol. The molecule has 0 aliphatic carbocycles. The van der Waals surface area contributed by atoms with Crippen molar-refractivity contribution in [2.24, 2.45) is 0 Å². The molecule has 110 valence electrons. The number of H-pyrrole nitrogens is 1. The van der Waals surface area contributed by atoms with Gasteiger partial charge >= 0.3 is 0 Å². The van der Waals surface area contributed by atoms with Gasteiger partial charge in [-0.05, 0) is 31.0 Å². The molecule has 0 radical (unpaired) electrons.